The van der Waals surface area contributed by atoms with Gasteiger partial charge < -0.3 is 29.9 Å². The number of aromatic nitrogens is 2. The molecule has 1 saturated heterocycles. The van der Waals surface area contributed by atoms with Crippen LogP contribution in [-0.4, -0.2) is 76.2 Å². The van der Waals surface area contributed by atoms with Gasteiger partial charge in [-0.15, -0.1) is 0 Å². The first kappa shape index (κ1) is 24.1. The van der Waals surface area contributed by atoms with E-state index in [1.807, 2.05) is 30.9 Å². The second-order valence-electron chi connectivity index (χ2n) is 10.1. The molecule has 36 heavy (non-hydrogen) atoms. The maximum atomic E-state index is 13.7. The third kappa shape index (κ3) is 4.07. The number of aromatic amines is 1. The average Bonchev–Trinajstić information content (AvgIpc) is 3.28. The molecule has 1 fully saturated rings. The molecular formula is C27H33N5O4. The Balaban J connectivity index is 1.59. The number of piperidine rings is 1. The van der Waals surface area contributed by atoms with E-state index in [1.165, 1.54) is 0 Å². The molecule has 1 aromatic carbocycles. The van der Waals surface area contributed by atoms with E-state index in [0.29, 0.717) is 38.0 Å². The molecule has 9 heteroatoms. The van der Waals surface area contributed by atoms with E-state index >= 15 is 0 Å². The number of aliphatic hydroxyl groups excluding tert-OH is 1. The van der Waals surface area contributed by atoms with Gasteiger partial charge in [0.05, 0.1) is 19.8 Å². The summed E-state index contributed by atoms with van der Waals surface area (Å²) in [6.45, 7) is 5.34. The number of hydrogen-bond acceptors (Lipinski definition) is 5. The van der Waals surface area contributed by atoms with Crippen molar-refractivity contribution >= 4 is 22.8 Å². The number of carbonyl (C=O) groups is 2. The smallest absolute Gasteiger partial charge is 0.317 e. The van der Waals surface area contributed by atoms with Gasteiger partial charge in [0.15, 0.2) is 0 Å². The van der Waals surface area contributed by atoms with Gasteiger partial charge in [-0.1, -0.05) is 0 Å². The largest absolute Gasteiger partial charge is 0.497 e. The molecule has 5 rings (SSSR count). The molecule has 190 valence electrons. The van der Waals surface area contributed by atoms with Gasteiger partial charge >= 0.3 is 6.03 Å². The summed E-state index contributed by atoms with van der Waals surface area (Å²) in [7, 11) is 1.63. The van der Waals surface area contributed by atoms with Crippen LogP contribution in [0.1, 0.15) is 54.3 Å². The number of nitrogens with one attached hydrogen (secondary N) is 2. The number of hydrogen-bond donors (Lipinski definition) is 3. The highest BCUT2D eigenvalue weighted by Gasteiger charge is 2.49. The molecule has 9 nitrogen and oxygen atoms in total. The first-order valence-corrected chi connectivity index (χ1v) is 12.4. The Morgan fingerprint density at radius 3 is 2.58 bits per heavy atom. The van der Waals surface area contributed by atoms with Crippen molar-refractivity contribution in [1.29, 1.82) is 0 Å². The molecule has 3 N–H and O–H groups in total. The zero-order valence-corrected chi connectivity index (χ0v) is 21.0. The molecule has 3 amide bonds. The number of nitrogens with zero attached hydrogens (tertiary/aromatic N) is 3. The zero-order chi connectivity index (χ0) is 25.4. The number of amides is 3. The van der Waals surface area contributed by atoms with E-state index in [4.69, 9.17) is 4.74 Å². The molecule has 2 aliphatic rings. The maximum absolute atomic E-state index is 13.7. The lowest BCUT2D eigenvalue weighted by atomic mass is 9.68. The van der Waals surface area contributed by atoms with Gasteiger partial charge in [0.2, 0.25) is 0 Å². The molecule has 2 aliphatic heterocycles. The summed E-state index contributed by atoms with van der Waals surface area (Å²) in [5.74, 6) is 0.596. The third-order valence-corrected chi connectivity index (χ3v) is 7.53. The topological polar surface area (TPSA) is 111 Å². The van der Waals surface area contributed by atoms with Crippen LogP contribution in [0.5, 0.6) is 5.75 Å². The van der Waals surface area contributed by atoms with Crippen LogP contribution in [0.15, 0.2) is 42.7 Å². The molecule has 0 saturated carbocycles. The minimum Gasteiger partial charge on any atom is -0.497 e. The minimum absolute atomic E-state index is 0.0579. The van der Waals surface area contributed by atoms with Gasteiger partial charge in [-0.25, -0.2) is 4.79 Å². The summed E-state index contributed by atoms with van der Waals surface area (Å²) in [5, 5.41) is 14.6. The second-order valence-corrected chi connectivity index (χ2v) is 10.1. The first-order chi connectivity index (χ1) is 17.4. The molecule has 2 aromatic heterocycles. The summed E-state index contributed by atoms with van der Waals surface area (Å²) >= 11 is 0. The van der Waals surface area contributed by atoms with Gasteiger partial charge in [0, 0.05) is 71.7 Å². The molecule has 1 spiro atoms. The normalized spacial score (nSPS) is 19.0. The lowest BCUT2D eigenvalue weighted by Crippen LogP contribution is -2.57. The maximum Gasteiger partial charge on any atom is 0.317 e. The lowest BCUT2D eigenvalue weighted by Gasteiger charge is -2.50. The lowest BCUT2D eigenvalue weighted by molar-refractivity contribution is 0.0366. The SMILES string of the molecule is COc1ccc2c3c([nH]c2c1)[C@H](CO)N(C(=O)c1ccncc1)CC31CCN(C(=O)NC(C)C)CC1. The fourth-order valence-corrected chi connectivity index (χ4v) is 5.76. The van der Waals surface area contributed by atoms with Crippen LogP contribution in [0.25, 0.3) is 10.9 Å². The number of rotatable bonds is 4. The van der Waals surface area contributed by atoms with Gasteiger partial charge in [0.25, 0.3) is 5.91 Å². The first-order valence-electron chi connectivity index (χ1n) is 12.4. The molecule has 0 bridgehead atoms. The number of ether oxygens (including phenoxy) is 1. The number of aliphatic hydroxyl groups is 1. The number of fused-ring (bicyclic) bond motifs is 4. The van der Waals surface area contributed by atoms with E-state index in [9.17, 15) is 14.7 Å². The van der Waals surface area contributed by atoms with Crippen molar-refractivity contribution < 1.29 is 19.4 Å². The highest BCUT2D eigenvalue weighted by atomic mass is 16.5. The van der Waals surface area contributed by atoms with Gasteiger partial charge in [-0.3, -0.25) is 9.78 Å². The second kappa shape index (κ2) is 9.46. The predicted octanol–water partition coefficient (Wildman–Crippen LogP) is 3.21. The van der Waals surface area contributed by atoms with Gasteiger partial charge in [0.1, 0.15) is 5.75 Å². The fourth-order valence-electron chi connectivity index (χ4n) is 5.76. The quantitative estimate of drug-likeness (QED) is 0.519. The van der Waals surface area contributed by atoms with Crippen LogP contribution >= 0.6 is 0 Å². The van der Waals surface area contributed by atoms with Crippen molar-refractivity contribution in [1.82, 2.24) is 25.1 Å². The Bertz CT molecular complexity index is 1260. The van der Waals surface area contributed by atoms with Crippen LogP contribution in [-0.2, 0) is 5.41 Å². The number of methoxy groups -OCH3 is 1. The van der Waals surface area contributed by atoms with Crippen LogP contribution in [0, 0.1) is 0 Å². The highest BCUT2D eigenvalue weighted by molar-refractivity contribution is 5.95. The average molecular weight is 492 g/mol. The van der Waals surface area contributed by atoms with Crippen LogP contribution in [0.3, 0.4) is 0 Å². The zero-order valence-electron chi connectivity index (χ0n) is 21.0. The van der Waals surface area contributed by atoms with E-state index in [0.717, 1.165) is 27.9 Å². The van der Waals surface area contributed by atoms with E-state index < -0.39 is 6.04 Å². The molecular weight excluding hydrogens is 458 g/mol. The summed E-state index contributed by atoms with van der Waals surface area (Å²) in [4.78, 5) is 37.6. The van der Waals surface area contributed by atoms with Crippen LogP contribution in [0.2, 0.25) is 0 Å². The van der Waals surface area contributed by atoms with E-state index in [1.54, 1.807) is 36.5 Å². The van der Waals surface area contributed by atoms with E-state index in [-0.39, 0.29) is 30.0 Å². The Labute approximate surface area is 210 Å². The molecule has 4 heterocycles. The van der Waals surface area contributed by atoms with Crippen molar-refractivity contribution in [3.8, 4) is 5.75 Å². The third-order valence-electron chi connectivity index (χ3n) is 7.53. The number of benzene rings is 1. The number of pyridine rings is 1. The van der Waals surface area contributed by atoms with Crippen molar-refractivity contribution in [2.75, 3.05) is 33.4 Å². The standard InChI is InChI=1S/C27H33N5O4/c1-17(2)29-26(35)31-12-8-27(9-13-31)16-32(25(34)18-6-10-28-11-7-18)22(15-33)24-23(27)20-5-4-19(36-3)14-21(20)30-24/h4-7,10-11,14,17,22,30,33H,8-9,12-13,15-16H2,1-3H3,(H,29,35)/t22-/m0/s1. The summed E-state index contributed by atoms with van der Waals surface area (Å²) in [6, 6.07) is 8.86. The molecule has 0 aliphatic carbocycles. The van der Waals surface area contributed by atoms with Crippen LogP contribution in [0.4, 0.5) is 4.79 Å². The Hall–Kier alpha value is -3.59. The fraction of sp³-hybridized carbons (Fsp3) is 0.444. The Morgan fingerprint density at radius 2 is 1.94 bits per heavy atom. The van der Waals surface area contributed by atoms with Crippen LogP contribution < -0.4 is 10.1 Å². The minimum atomic E-state index is -0.507. The molecule has 3 aromatic rings. The monoisotopic (exact) mass is 491 g/mol. The Morgan fingerprint density at radius 1 is 1.22 bits per heavy atom. The number of H-pyrrole nitrogens is 1. The van der Waals surface area contributed by atoms with Gasteiger partial charge in [-0.05, 0) is 56.5 Å². The van der Waals surface area contributed by atoms with E-state index in [2.05, 4.69) is 21.4 Å². The summed E-state index contributed by atoms with van der Waals surface area (Å²) in [5.41, 5.74) is 3.09. The molecule has 0 radical (unpaired) electrons. The number of urea groups is 1. The van der Waals surface area contributed by atoms with Crippen molar-refractivity contribution in [3.63, 3.8) is 0 Å². The van der Waals surface area contributed by atoms with Crippen molar-refractivity contribution in [3.05, 3.63) is 59.5 Å². The highest BCUT2D eigenvalue weighted by Crippen LogP contribution is 2.49. The number of likely N-dealkylation sites (tertiary alicyclic amines) is 1. The number of carbonyl (C=O) groups excluding carboxylic acids is 2. The Kier molecular flexibility index (Phi) is 6.34. The summed E-state index contributed by atoms with van der Waals surface area (Å²) < 4.78 is 5.44. The predicted molar refractivity (Wildman–Crippen MR) is 136 cm³/mol. The molecule has 0 unspecified atom stereocenters. The van der Waals surface area contributed by atoms with Crippen molar-refractivity contribution in [2.24, 2.45) is 0 Å². The summed E-state index contributed by atoms with van der Waals surface area (Å²) in [6.07, 6.45) is 4.63. The molecule has 1 atom stereocenters. The van der Waals surface area contributed by atoms with Gasteiger partial charge in [-0.2, -0.15) is 0 Å². The van der Waals surface area contributed by atoms with Crippen molar-refractivity contribution in [2.45, 2.75) is 44.2 Å².